The Bertz CT molecular complexity index is 561. The highest BCUT2D eigenvalue weighted by Crippen LogP contribution is 2.26. The number of aromatic nitrogens is 2. The second kappa shape index (κ2) is 4.49. The molecule has 2 rings (SSSR count). The van der Waals surface area contributed by atoms with Crippen molar-refractivity contribution >= 4 is 6.29 Å². The summed E-state index contributed by atoms with van der Waals surface area (Å²) >= 11 is 0. The van der Waals surface area contributed by atoms with Crippen molar-refractivity contribution in [2.75, 3.05) is 0 Å². The van der Waals surface area contributed by atoms with Gasteiger partial charge < -0.3 is 0 Å². The van der Waals surface area contributed by atoms with Crippen LogP contribution in [0.15, 0.2) is 24.4 Å². The molecule has 0 radical (unpaired) electrons. The Kier molecular flexibility index (Phi) is 3.04. The van der Waals surface area contributed by atoms with Crippen molar-refractivity contribution in [1.82, 2.24) is 9.78 Å². The maximum atomic E-state index is 13.9. The lowest BCUT2D eigenvalue weighted by molar-refractivity contribution is 0.112. The molecule has 1 aromatic carbocycles. The SMILES string of the molecule is CCc1nn(C)cc1-c1ccc(C=O)cc1F. The summed E-state index contributed by atoms with van der Waals surface area (Å²) in [5.41, 5.74) is 2.46. The first-order valence-electron chi connectivity index (χ1n) is 5.43. The number of rotatable bonds is 3. The smallest absolute Gasteiger partial charge is 0.150 e. The normalized spacial score (nSPS) is 10.5. The number of aldehydes is 1. The topological polar surface area (TPSA) is 34.9 Å². The van der Waals surface area contributed by atoms with Crippen molar-refractivity contribution < 1.29 is 9.18 Å². The molecule has 1 aromatic heterocycles. The number of hydrogen-bond donors (Lipinski definition) is 0. The van der Waals surface area contributed by atoms with Crippen LogP contribution in [0.25, 0.3) is 11.1 Å². The zero-order valence-corrected chi connectivity index (χ0v) is 9.77. The molecule has 4 heteroatoms. The van der Waals surface area contributed by atoms with Crippen LogP contribution < -0.4 is 0 Å². The molecular formula is C13H13FN2O. The minimum atomic E-state index is -0.391. The number of carbonyl (C=O) groups is 1. The third-order valence-corrected chi connectivity index (χ3v) is 2.66. The van der Waals surface area contributed by atoms with Gasteiger partial charge in [-0.25, -0.2) is 4.39 Å². The highest BCUT2D eigenvalue weighted by Gasteiger charge is 2.12. The van der Waals surface area contributed by atoms with E-state index in [0.29, 0.717) is 17.4 Å². The van der Waals surface area contributed by atoms with E-state index < -0.39 is 5.82 Å². The molecule has 0 N–H and O–H groups in total. The summed E-state index contributed by atoms with van der Waals surface area (Å²) in [5.74, 6) is -0.391. The number of halogens is 1. The summed E-state index contributed by atoms with van der Waals surface area (Å²) < 4.78 is 15.5. The van der Waals surface area contributed by atoms with Crippen LogP contribution >= 0.6 is 0 Å². The van der Waals surface area contributed by atoms with Crippen LogP contribution in [0, 0.1) is 5.82 Å². The summed E-state index contributed by atoms with van der Waals surface area (Å²) in [5, 5.41) is 4.27. The molecule has 0 aliphatic rings. The quantitative estimate of drug-likeness (QED) is 0.762. The van der Waals surface area contributed by atoms with Crippen LogP contribution in [0.1, 0.15) is 23.0 Å². The molecule has 17 heavy (non-hydrogen) atoms. The van der Waals surface area contributed by atoms with E-state index >= 15 is 0 Å². The number of nitrogens with zero attached hydrogens (tertiary/aromatic N) is 2. The molecule has 3 nitrogen and oxygen atoms in total. The second-order valence-electron chi connectivity index (χ2n) is 3.87. The average Bonchev–Trinajstić information content (AvgIpc) is 2.70. The van der Waals surface area contributed by atoms with E-state index in [4.69, 9.17) is 0 Å². The van der Waals surface area contributed by atoms with Crippen molar-refractivity contribution in [3.05, 3.63) is 41.5 Å². The van der Waals surface area contributed by atoms with Gasteiger partial charge in [0.15, 0.2) is 0 Å². The minimum Gasteiger partial charge on any atom is -0.298 e. The molecule has 0 amide bonds. The van der Waals surface area contributed by atoms with Gasteiger partial charge >= 0.3 is 0 Å². The van der Waals surface area contributed by atoms with Gasteiger partial charge in [0, 0.05) is 29.9 Å². The van der Waals surface area contributed by atoms with Gasteiger partial charge in [-0.1, -0.05) is 19.1 Å². The van der Waals surface area contributed by atoms with E-state index in [1.165, 1.54) is 6.07 Å². The third-order valence-electron chi connectivity index (χ3n) is 2.66. The van der Waals surface area contributed by atoms with Gasteiger partial charge in [-0.15, -0.1) is 0 Å². The van der Waals surface area contributed by atoms with Crippen molar-refractivity contribution in [3.8, 4) is 11.1 Å². The Labute approximate surface area is 98.9 Å². The third kappa shape index (κ3) is 2.11. The lowest BCUT2D eigenvalue weighted by Crippen LogP contribution is -1.91. The van der Waals surface area contributed by atoms with Crippen LogP contribution in [0.5, 0.6) is 0 Å². The van der Waals surface area contributed by atoms with Gasteiger partial charge in [0.25, 0.3) is 0 Å². The number of benzene rings is 1. The summed E-state index contributed by atoms with van der Waals surface area (Å²) in [6.07, 6.45) is 3.17. The Morgan fingerprint density at radius 2 is 2.18 bits per heavy atom. The van der Waals surface area contributed by atoms with E-state index in [9.17, 15) is 9.18 Å². The standard InChI is InChI=1S/C13H13FN2O/c1-3-13-11(7-16(2)15-13)10-5-4-9(8-17)6-12(10)14/h4-8H,3H2,1-2H3. The highest BCUT2D eigenvalue weighted by molar-refractivity contribution is 5.77. The summed E-state index contributed by atoms with van der Waals surface area (Å²) in [7, 11) is 1.81. The molecule has 0 bridgehead atoms. The fraction of sp³-hybridized carbons (Fsp3) is 0.231. The largest absolute Gasteiger partial charge is 0.298 e. The molecule has 88 valence electrons. The summed E-state index contributed by atoms with van der Waals surface area (Å²) in [4.78, 5) is 10.6. The number of carbonyl (C=O) groups excluding carboxylic acids is 1. The van der Waals surface area contributed by atoms with Crippen LogP contribution in [-0.4, -0.2) is 16.1 Å². The van der Waals surface area contributed by atoms with Gasteiger partial charge in [-0.3, -0.25) is 9.48 Å². The second-order valence-corrected chi connectivity index (χ2v) is 3.87. The number of hydrogen-bond acceptors (Lipinski definition) is 2. The van der Waals surface area contributed by atoms with Crippen molar-refractivity contribution in [2.45, 2.75) is 13.3 Å². The van der Waals surface area contributed by atoms with E-state index in [1.807, 2.05) is 6.92 Å². The maximum Gasteiger partial charge on any atom is 0.150 e. The van der Waals surface area contributed by atoms with Crippen LogP contribution in [0.4, 0.5) is 4.39 Å². The fourth-order valence-corrected chi connectivity index (χ4v) is 1.84. The maximum absolute atomic E-state index is 13.9. The molecule has 0 aliphatic carbocycles. The zero-order chi connectivity index (χ0) is 12.4. The van der Waals surface area contributed by atoms with Gasteiger partial charge in [0.2, 0.25) is 0 Å². The monoisotopic (exact) mass is 232 g/mol. The molecule has 0 saturated carbocycles. The Balaban J connectivity index is 2.55. The Morgan fingerprint density at radius 1 is 1.41 bits per heavy atom. The average molecular weight is 232 g/mol. The minimum absolute atomic E-state index is 0.341. The molecule has 1 heterocycles. The van der Waals surface area contributed by atoms with Crippen molar-refractivity contribution in [1.29, 1.82) is 0 Å². The van der Waals surface area contributed by atoms with Gasteiger partial charge in [-0.05, 0) is 12.5 Å². The Hall–Kier alpha value is -1.97. The van der Waals surface area contributed by atoms with Gasteiger partial charge in [0.1, 0.15) is 12.1 Å². The van der Waals surface area contributed by atoms with Crippen molar-refractivity contribution in [2.24, 2.45) is 7.05 Å². The predicted octanol–water partition coefficient (Wildman–Crippen LogP) is 2.60. The van der Waals surface area contributed by atoms with E-state index in [-0.39, 0.29) is 0 Å². The molecular weight excluding hydrogens is 219 g/mol. The lowest BCUT2D eigenvalue weighted by atomic mass is 10.0. The first kappa shape index (κ1) is 11.5. The summed E-state index contributed by atoms with van der Waals surface area (Å²) in [6.45, 7) is 1.98. The molecule has 0 aliphatic heterocycles. The van der Waals surface area contributed by atoms with Crippen molar-refractivity contribution in [3.63, 3.8) is 0 Å². The molecule has 0 atom stereocenters. The molecule has 0 saturated heterocycles. The fourth-order valence-electron chi connectivity index (χ4n) is 1.84. The highest BCUT2D eigenvalue weighted by atomic mass is 19.1. The van der Waals surface area contributed by atoms with Gasteiger partial charge in [0.05, 0.1) is 5.69 Å². The Morgan fingerprint density at radius 3 is 2.76 bits per heavy atom. The molecule has 2 aromatic rings. The number of aryl methyl sites for hydroxylation is 2. The predicted molar refractivity (Wildman–Crippen MR) is 63.4 cm³/mol. The van der Waals surface area contributed by atoms with Crippen LogP contribution in [0.2, 0.25) is 0 Å². The first-order valence-corrected chi connectivity index (χ1v) is 5.43. The zero-order valence-electron chi connectivity index (χ0n) is 9.77. The van der Waals surface area contributed by atoms with Crippen LogP contribution in [-0.2, 0) is 13.5 Å². The van der Waals surface area contributed by atoms with E-state index in [0.717, 1.165) is 17.7 Å². The van der Waals surface area contributed by atoms with Crippen LogP contribution in [0.3, 0.4) is 0 Å². The molecule has 0 fully saturated rings. The first-order chi connectivity index (χ1) is 8.15. The molecule has 0 unspecified atom stereocenters. The van der Waals surface area contributed by atoms with E-state index in [2.05, 4.69) is 5.10 Å². The van der Waals surface area contributed by atoms with E-state index in [1.54, 1.807) is 30.1 Å². The van der Waals surface area contributed by atoms with Gasteiger partial charge in [-0.2, -0.15) is 5.10 Å². The summed E-state index contributed by atoms with van der Waals surface area (Å²) in [6, 6.07) is 4.47. The lowest BCUT2D eigenvalue weighted by Gasteiger charge is -2.02. The molecule has 0 spiro atoms.